The molecule has 5 heteroatoms. The summed E-state index contributed by atoms with van der Waals surface area (Å²) in [5.74, 6) is -0.107. The number of amides is 2. The van der Waals surface area contributed by atoms with Gasteiger partial charge in [-0.3, -0.25) is 0 Å². The summed E-state index contributed by atoms with van der Waals surface area (Å²) >= 11 is 0. The third-order valence-electron chi connectivity index (χ3n) is 3.32. The smallest absolute Gasteiger partial charge is 0.326 e. The van der Waals surface area contributed by atoms with E-state index < -0.39 is 12.0 Å². The van der Waals surface area contributed by atoms with Crippen LogP contribution in [0.25, 0.3) is 0 Å². The van der Waals surface area contributed by atoms with Crippen molar-refractivity contribution in [3.05, 3.63) is 0 Å². The molecule has 1 heterocycles. The molecule has 1 saturated carbocycles. The van der Waals surface area contributed by atoms with Crippen molar-refractivity contribution < 1.29 is 14.7 Å². The van der Waals surface area contributed by atoms with Gasteiger partial charge in [-0.2, -0.15) is 0 Å². The Kier molecular flexibility index (Phi) is 3.31. The molecule has 1 unspecified atom stereocenters. The van der Waals surface area contributed by atoms with E-state index in [0.29, 0.717) is 19.5 Å². The highest BCUT2D eigenvalue weighted by molar-refractivity contribution is 5.83. The number of carbonyl (C=O) groups is 2. The van der Waals surface area contributed by atoms with Crippen LogP contribution in [0.4, 0.5) is 4.79 Å². The highest BCUT2D eigenvalue weighted by Crippen LogP contribution is 2.31. The fourth-order valence-electron chi connectivity index (χ4n) is 2.16. The lowest BCUT2D eigenvalue weighted by atomic mass is 10.2. The maximum Gasteiger partial charge on any atom is 0.326 e. The first kappa shape index (κ1) is 11.2. The molecule has 90 valence electrons. The number of nitrogens with zero attached hydrogens (tertiary/aromatic N) is 1. The Balaban J connectivity index is 1.75. The van der Waals surface area contributed by atoms with Crippen molar-refractivity contribution in [2.75, 3.05) is 13.1 Å². The van der Waals surface area contributed by atoms with Gasteiger partial charge in [0.05, 0.1) is 0 Å². The average molecular weight is 226 g/mol. The van der Waals surface area contributed by atoms with Crippen LogP contribution in [0.5, 0.6) is 0 Å². The maximum atomic E-state index is 11.7. The summed E-state index contributed by atoms with van der Waals surface area (Å²) in [5.41, 5.74) is 0. The van der Waals surface area contributed by atoms with Gasteiger partial charge in [-0.05, 0) is 25.2 Å². The predicted octanol–water partition coefficient (Wildman–Crippen LogP) is 1.05. The molecular formula is C11H18N2O3. The van der Waals surface area contributed by atoms with E-state index in [1.54, 1.807) is 0 Å². The van der Waals surface area contributed by atoms with Gasteiger partial charge < -0.3 is 15.3 Å². The molecule has 1 aliphatic heterocycles. The molecule has 2 fully saturated rings. The van der Waals surface area contributed by atoms with E-state index in [1.807, 2.05) is 0 Å². The number of hydrogen-bond donors (Lipinski definition) is 2. The summed E-state index contributed by atoms with van der Waals surface area (Å²) < 4.78 is 0. The predicted molar refractivity (Wildman–Crippen MR) is 58.1 cm³/mol. The maximum absolute atomic E-state index is 11.7. The van der Waals surface area contributed by atoms with E-state index in [2.05, 4.69) is 5.32 Å². The molecule has 2 rings (SSSR count). The monoisotopic (exact) mass is 226 g/mol. The number of aliphatic carboxylic acids is 1. The number of rotatable bonds is 4. The van der Waals surface area contributed by atoms with E-state index in [9.17, 15) is 9.59 Å². The van der Waals surface area contributed by atoms with E-state index in [-0.39, 0.29) is 6.03 Å². The molecular weight excluding hydrogens is 208 g/mol. The molecule has 0 aromatic rings. The third kappa shape index (κ3) is 2.65. The van der Waals surface area contributed by atoms with Crippen molar-refractivity contribution >= 4 is 12.0 Å². The molecule has 0 radical (unpaired) electrons. The summed E-state index contributed by atoms with van der Waals surface area (Å²) in [6.07, 6.45) is 4.93. The molecule has 1 saturated heterocycles. The van der Waals surface area contributed by atoms with E-state index in [0.717, 1.165) is 18.8 Å². The third-order valence-corrected chi connectivity index (χ3v) is 3.32. The molecule has 1 atom stereocenters. The van der Waals surface area contributed by atoms with Gasteiger partial charge in [-0.25, -0.2) is 9.59 Å². The zero-order valence-corrected chi connectivity index (χ0v) is 9.32. The van der Waals surface area contributed by atoms with Gasteiger partial charge in [0.25, 0.3) is 0 Å². The molecule has 1 aliphatic carbocycles. The first-order valence-electron chi connectivity index (χ1n) is 5.96. The minimum atomic E-state index is -0.894. The molecule has 5 nitrogen and oxygen atoms in total. The van der Waals surface area contributed by atoms with Crippen LogP contribution < -0.4 is 5.32 Å². The standard InChI is InChI=1S/C11H18N2O3/c14-10(15)9-2-1-7-13(9)11(16)12-6-5-8-3-4-8/h8-9H,1-7H2,(H,12,16)(H,14,15). The molecule has 0 bridgehead atoms. The zero-order chi connectivity index (χ0) is 11.5. The van der Waals surface area contributed by atoms with Gasteiger partial charge in [-0.1, -0.05) is 12.8 Å². The number of hydrogen-bond acceptors (Lipinski definition) is 2. The van der Waals surface area contributed by atoms with Gasteiger partial charge in [0.1, 0.15) is 6.04 Å². The van der Waals surface area contributed by atoms with Crippen LogP contribution in [0.1, 0.15) is 32.1 Å². The van der Waals surface area contributed by atoms with E-state index in [1.165, 1.54) is 17.7 Å². The highest BCUT2D eigenvalue weighted by Gasteiger charge is 2.33. The lowest BCUT2D eigenvalue weighted by molar-refractivity contribution is -0.141. The molecule has 2 aliphatic rings. The molecule has 2 amide bonds. The fourth-order valence-corrected chi connectivity index (χ4v) is 2.16. The van der Waals surface area contributed by atoms with Crippen LogP contribution in [0, 0.1) is 5.92 Å². The quantitative estimate of drug-likeness (QED) is 0.752. The lowest BCUT2D eigenvalue weighted by Gasteiger charge is -2.21. The minimum Gasteiger partial charge on any atom is -0.480 e. The van der Waals surface area contributed by atoms with Crippen LogP contribution in [0.2, 0.25) is 0 Å². The van der Waals surface area contributed by atoms with Crippen molar-refractivity contribution in [3.63, 3.8) is 0 Å². The Morgan fingerprint density at radius 1 is 1.31 bits per heavy atom. The number of urea groups is 1. The molecule has 16 heavy (non-hydrogen) atoms. The summed E-state index contributed by atoms with van der Waals surface area (Å²) in [7, 11) is 0. The topological polar surface area (TPSA) is 69.6 Å². The second kappa shape index (κ2) is 4.72. The first-order chi connectivity index (χ1) is 7.68. The number of carboxylic acid groups (broad SMARTS) is 1. The summed E-state index contributed by atoms with van der Waals surface area (Å²) in [4.78, 5) is 24.0. The Labute approximate surface area is 94.8 Å². The van der Waals surface area contributed by atoms with E-state index in [4.69, 9.17) is 5.11 Å². The van der Waals surface area contributed by atoms with Crippen molar-refractivity contribution in [1.29, 1.82) is 0 Å². The largest absolute Gasteiger partial charge is 0.480 e. The summed E-state index contributed by atoms with van der Waals surface area (Å²) in [5, 5.41) is 11.7. The minimum absolute atomic E-state index is 0.217. The van der Waals surface area contributed by atoms with Gasteiger partial charge in [0, 0.05) is 13.1 Å². The number of carboxylic acids is 1. The molecule has 0 aromatic carbocycles. The lowest BCUT2D eigenvalue weighted by Crippen LogP contribution is -2.46. The highest BCUT2D eigenvalue weighted by atomic mass is 16.4. The number of likely N-dealkylation sites (tertiary alicyclic amines) is 1. The van der Waals surface area contributed by atoms with Gasteiger partial charge in [-0.15, -0.1) is 0 Å². The first-order valence-corrected chi connectivity index (χ1v) is 5.96. The molecule has 0 spiro atoms. The SMILES string of the molecule is O=C(O)C1CCCN1C(=O)NCCC1CC1. The molecule has 0 aromatic heterocycles. The van der Waals surface area contributed by atoms with E-state index >= 15 is 0 Å². The van der Waals surface area contributed by atoms with Crippen LogP contribution >= 0.6 is 0 Å². The van der Waals surface area contributed by atoms with Gasteiger partial charge in [0.2, 0.25) is 0 Å². The van der Waals surface area contributed by atoms with Crippen molar-refractivity contribution in [1.82, 2.24) is 10.2 Å². The van der Waals surface area contributed by atoms with Crippen molar-refractivity contribution in [2.24, 2.45) is 5.92 Å². The Bertz CT molecular complexity index is 289. The van der Waals surface area contributed by atoms with Crippen LogP contribution in [-0.4, -0.2) is 41.1 Å². The summed E-state index contributed by atoms with van der Waals surface area (Å²) in [6.45, 7) is 1.23. The number of carbonyl (C=O) groups excluding carboxylic acids is 1. The van der Waals surface area contributed by atoms with Crippen LogP contribution in [-0.2, 0) is 4.79 Å². The average Bonchev–Trinajstić information content (AvgIpc) is 2.93. The zero-order valence-electron chi connectivity index (χ0n) is 9.32. The van der Waals surface area contributed by atoms with Gasteiger partial charge >= 0.3 is 12.0 Å². The Hall–Kier alpha value is -1.26. The van der Waals surface area contributed by atoms with Crippen LogP contribution in [0.3, 0.4) is 0 Å². The van der Waals surface area contributed by atoms with Crippen LogP contribution in [0.15, 0.2) is 0 Å². The summed E-state index contributed by atoms with van der Waals surface area (Å²) in [6, 6.07) is -0.841. The normalized spacial score (nSPS) is 24.5. The number of nitrogens with one attached hydrogen (secondary N) is 1. The van der Waals surface area contributed by atoms with Crippen molar-refractivity contribution in [2.45, 2.75) is 38.1 Å². The molecule has 2 N–H and O–H groups in total. The van der Waals surface area contributed by atoms with Crippen molar-refractivity contribution in [3.8, 4) is 0 Å². The second-order valence-electron chi connectivity index (χ2n) is 4.65. The second-order valence-corrected chi connectivity index (χ2v) is 4.65. The fraction of sp³-hybridized carbons (Fsp3) is 0.818. The Morgan fingerprint density at radius 2 is 2.06 bits per heavy atom. The van der Waals surface area contributed by atoms with Gasteiger partial charge in [0.15, 0.2) is 0 Å². The Morgan fingerprint density at radius 3 is 2.69 bits per heavy atom.